The molecule has 2 aromatic carbocycles. The molecule has 4 rings (SSSR count). The maximum atomic E-state index is 12.3. The number of benzene rings is 2. The molecule has 3 aromatic rings. The lowest BCUT2D eigenvalue weighted by Gasteiger charge is -2.15. The molecular formula is C21H16N4O2S. The van der Waals surface area contributed by atoms with Crippen LogP contribution in [0.2, 0.25) is 0 Å². The smallest absolute Gasteiger partial charge is 0.257 e. The molecule has 0 spiro atoms. The molecular weight excluding hydrogens is 372 g/mol. The van der Waals surface area contributed by atoms with E-state index in [1.54, 1.807) is 29.2 Å². The topological polar surface area (TPSA) is 86.1 Å². The summed E-state index contributed by atoms with van der Waals surface area (Å²) in [5, 5.41) is 14.0. The molecule has 0 saturated carbocycles. The third-order valence-electron chi connectivity index (χ3n) is 4.55. The van der Waals surface area contributed by atoms with Gasteiger partial charge in [0.1, 0.15) is 0 Å². The molecule has 1 fully saturated rings. The van der Waals surface area contributed by atoms with Gasteiger partial charge in [0, 0.05) is 35.2 Å². The highest BCUT2D eigenvalue weighted by Gasteiger charge is 2.21. The number of carbonyl (C=O) groups is 2. The first-order valence-corrected chi connectivity index (χ1v) is 9.70. The molecule has 0 radical (unpaired) electrons. The molecule has 0 bridgehead atoms. The summed E-state index contributed by atoms with van der Waals surface area (Å²) in [7, 11) is 0. The van der Waals surface area contributed by atoms with E-state index in [0.717, 1.165) is 29.9 Å². The van der Waals surface area contributed by atoms with Gasteiger partial charge in [-0.3, -0.25) is 14.9 Å². The Balaban J connectivity index is 1.45. The van der Waals surface area contributed by atoms with E-state index in [1.807, 2.05) is 35.7 Å². The standard InChI is InChI=1S/C21H16N4O2S/c22-12-14-3-5-16(6-4-14)20(27)24-21-23-18(13-28-21)15-7-9-17(10-8-15)25-11-1-2-19(25)26/h3-10,13H,1-2,11H2,(H,23,24,27). The highest BCUT2D eigenvalue weighted by Crippen LogP contribution is 2.28. The van der Waals surface area contributed by atoms with Gasteiger partial charge in [-0.05, 0) is 42.8 Å². The van der Waals surface area contributed by atoms with Crippen molar-refractivity contribution >= 4 is 34.0 Å². The van der Waals surface area contributed by atoms with Gasteiger partial charge in [-0.25, -0.2) is 4.98 Å². The van der Waals surface area contributed by atoms with Crippen molar-refractivity contribution in [2.45, 2.75) is 12.8 Å². The van der Waals surface area contributed by atoms with Crippen molar-refractivity contribution < 1.29 is 9.59 Å². The monoisotopic (exact) mass is 388 g/mol. The van der Waals surface area contributed by atoms with Crippen molar-refractivity contribution in [3.05, 3.63) is 65.0 Å². The zero-order valence-corrected chi connectivity index (χ0v) is 15.7. The highest BCUT2D eigenvalue weighted by molar-refractivity contribution is 7.14. The summed E-state index contributed by atoms with van der Waals surface area (Å²) in [6.07, 6.45) is 1.51. The van der Waals surface area contributed by atoms with Crippen molar-refractivity contribution in [2.24, 2.45) is 0 Å². The molecule has 1 aromatic heterocycles. The summed E-state index contributed by atoms with van der Waals surface area (Å²) in [5.41, 5.74) is 3.56. The second-order valence-corrected chi connectivity index (χ2v) is 7.24. The number of amides is 2. The first kappa shape index (κ1) is 17.9. The van der Waals surface area contributed by atoms with Crippen LogP contribution in [0.25, 0.3) is 11.3 Å². The zero-order chi connectivity index (χ0) is 19.5. The summed E-state index contributed by atoms with van der Waals surface area (Å²) in [4.78, 5) is 30.4. The van der Waals surface area contributed by atoms with Gasteiger partial charge in [-0.15, -0.1) is 11.3 Å². The number of hydrogen-bond acceptors (Lipinski definition) is 5. The third kappa shape index (κ3) is 3.63. The molecule has 7 heteroatoms. The number of thiazole rings is 1. The van der Waals surface area contributed by atoms with Crippen LogP contribution in [-0.4, -0.2) is 23.3 Å². The van der Waals surface area contributed by atoms with Gasteiger partial charge in [0.2, 0.25) is 5.91 Å². The minimum Gasteiger partial charge on any atom is -0.312 e. The number of hydrogen-bond donors (Lipinski definition) is 1. The Hall–Kier alpha value is -3.50. The Kier molecular flexibility index (Phi) is 4.87. The molecule has 0 unspecified atom stereocenters. The lowest BCUT2D eigenvalue weighted by molar-refractivity contribution is -0.117. The van der Waals surface area contributed by atoms with Crippen molar-refractivity contribution in [1.82, 2.24) is 4.98 Å². The van der Waals surface area contributed by atoms with Gasteiger partial charge in [-0.1, -0.05) is 12.1 Å². The maximum Gasteiger partial charge on any atom is 0.257 e. The van der Waals surface area contributed by atoms with Gasteiger partial charge in [0.25, 0.3) is 5.91 Å². The Morgan fingerprint density at radius 1 is 1.14 bits per heavy atom. The maximum absolute atomic E-state index is 12.3. The van der Waals surface area contributed by atoms with E-state index >= 15 is 0 Å². The summed E-state index contributed by atoms with van der Waals surface area (Å²) in [5.74, 6) is -0.109. The average molecular weight is 388 g/mol. The third-order valence-corrected chi connectivity index (χ3v) is 5.31. The minimum atomic E-state index is -0.270. The number of nitrogens with zero attached hydrogens (tertiary/aromatic N) is 3. The molecule has 6 nitrogen and oxygen atoms in total. The first-order chi connectivity index (χ1) is 13.6. The number of anilines is 2. The Labute approximate surface area is 166 Å². The number of aromatic nitrogens is 1. The Morgan fingerprint density at radius 3 is 2.54 bits per heavy atom. The molecule has 1 aliphatic rings. The second-order valence-electron chi connectivity index (χ2n) is 6.38. The Morgan fingerprint density at radius 2 is 1.89 bits per heavy atom. The highest BCUT2D eigenvalue weighted by atomic mass is 32.1. The van der Waals surface area contributed by atoms with Gasteiger partial charge in [0.15, 0.2) is 5.13 Å². The van der Waals surface area contributed by atoms with E-state index in [0.29, 0.717) is 22.7 Å². The number of nitriles is 1. The van der Waals surface area contributed by atoms with E-state index in [9.17, 15) is 9.59 Å². The number of carbonyl (C=O) groups excluding carboxylic acids is 2. The molecule has 1 aliphatic heterocycles. The van der Waals surface area contributed by atoms with Crippen LogP contribution in [0.3, 0.4) is 0 Å². The Bertz CT molecular complexity index is 1070. The predicted octanol–water partition coefficient (Wildman–Crippen LogP) is 4.06. The van der Waals surface area contributed by atoms with Crippen molar-refractivity contribution in [3.63, 3.8) is 0 Å². The summed E-state index contributed by atoms with van der Waals surface area (Å²) in [6.45, 7) is 0.764. The number of nitrogens with one attached hydrogen (secondary N) is 1. The summed E-state index contributed by atoms with van der Waals surface area (Å²) >= 11 is 1.35. The number of rotatable bonds is 4. The van der Waals surface area contributed by atoms with Crippen LogP contribution in [0.4, 0.5) is 10.8 Å². The first-order valence-electron chi connectivity index (χ1n) is 8.82. The van der Waals surface area contributed by atoms with E-state index in [-0.39, 0.29) is 11.8 Å². The minimum absolute atomic E-state index is 0.161. The van der Waals surface area contributed by atoms with Crippen molar-refractivity contribution in [3.8, 4) is 17.3 Å². The van der Waals surface area contributed by atoms with Crippen LogP contribution in [-0.2, 0) is 4.79 Å². The quantitative estimate of drug-likeness (QED) is 0.730. The molecule has 0 atom stereocenters. The van der Waals surface area contributed by atoms with E-state index < -0.39 is 0 Å². The average Bonchev–Trinajstić information content (AvgIpc) is 3.37. The zero-order valence-electron chi connectivity index (χ0n) is 14.9. The lowest BCUT2D eigenvalue weighted by Crippen LogP contribution is -2.23. The van der Waals surface area contributed by atoms with Gasteiger partial charge >= 0.3 is 0 Å². The molecule has 2 heterocycles. The van der Waals surface area contributed by atoms with Crippen molar-refractivity contribution in [2.75, 3.05) is 16.8 Å². The second kappa shape index (κ2) is 7.62. The summed E-state index contributed by atoms with van der Waals surface area (Å²) < 4.78 is 0. The van der Waals surface area contributed by atoms with E-state index in [4.69, 9.17) is 5.26 Å². The van der Waals surface area contributed by atoms with Crippen LogP contribution in [0.5, 0.6) is 0 Å². The molecule has 28 heavy (non-hydrogen) atoms. The van der Waals surface area contributed by atoms with E-state index in [1.165, 1.54) is 11.3 Å². The molecule has 138 valence electrons. The van der Waals surface area contributed by atoms with Gasteiger partial charge in [0.05, 0.1) is 17.3 Å². The van der Waals surface area contributed by atoms with E-state index in [2.05, 4.69) is 10.3 Å². The normalized spacial score (nSPS) is 13.4. The van der Waals surface area contributed by atoms with Crippen LogP contribution in [0, 0.1) is 11.3 Å². The molecule has 1 saturated heterocycles. The van der Waals surface area contributed by atoms with Crippen LogP contribution < -0.4 is 10.2 Å². The fourth-order valence-corrected chi connectivity index (χ4v) is 3.78. The van der Waals surface area contributed by atoms with Gasteiger partial charge in [-0.2, -0.15) is 5.26 Å². The lowest BCUT2D eigenvalue weighted by atomic mass is 10.1. The summed E-state index contributed by atoms with van der Waals surface area (Å²) in [6, 6.07) is 16.2. The fraction of sp³-hybridized carbons (Fsp3) is 0.143. The fourth-order valence-electron chi connectivity index (χ4n) is 3.06. The van der Waals surface area contributed by atoms with Crippen LogP contribution >= 0.6 is 11.3 Å². The van der Waals surface area contributed by atoms with Crippen molar-refractivity contribution in [1.29, 1.82) is 5.26 Å². The van der Waals surface area contributed by atoms with Gasteiger partial charge < -0.3 is 4.90 Å². The largest absolute Gasteiger partial charge is 0.312 e. The predicted molar refractivity (Wildman–Crippen MR) is 108 cm³/mol. The van der Waals surface area contributed by atoms with Crippen LogP contribution in [0.15, 0.2) is 53.9 Å². The SMILES string of the molecule is N#Cc1ccc(C(=O)Nc2nc(-c3ccc(N4CCCC4=O)cc3)cs2)cc1. The molecule has 1 N–H and O–H groups in total. The molecule has 2 amide bonds. The molecule has 0 aliphatic carbocycles. The van der Waals surface area contributed by atoms with Crippen LogP contribution in [0.1, 0.15) is 28.8 Å².